The summed E-state index contributed by atoms with van der Waals surface area (Å²) in [5.74, 6) is 0.704. The van der Waals surface area contributed by atoms with Crippen LogP contribution in [0.5, 0.6) is 5.75 Å². The van der Waals surface area contributed by atoms with E-state index in [1.165, 1.54) is 0 Å². The summed E-state index contributed by atoms with van der Waals surface area (Å²) in [6, 6.07) is 6.70. The first-order chi connectivity index (χ1) is 9.46. The van der Waals surface area contributed by atoms with Crippen LogP contribution in [0.3, 0.4) is 0 Å². The number of sulfone groups is 1. The Labute approximate surface area is 119 Å². The van der Waals surface area contributed by atoms with E-state index in [1.807, 2.05) is 6.92 Å². The van der Waals surface area contributed by atoms with E-state index >= 15 is 0 Å². The molecule has 6 heteroatoms. The van der Waals surface area contributed by atoms with Gasteiger partial charge >= 0.3 is 0 Å². The maximum Gasteiger partial charge on any atom is 0.254 e. The van der Waals surface area contributed by atoms with Crippen LogP contribution in [0.4, 0.5) is 0 Å². The van der Waals surface area contributed by atoms with Crippen LogP contribution in [0.15, 0.2) is 24.3 Å². The van der Waals surface area contributed by atoms with Gasteiger partial charge in [-0.2, -0.15) is 0 Å². The van der Waals surface area contributed by atoms with Gasteiger partial charge in [-0.15, -0.1) is 0 Å². The third-order valence-corrected chi connectivity index (χ3v) is 5.32. The fraction of sp³-hybridized carbons (Fsp3) is 0.500. The first-order valence-electron chi connectivity index (χ1n) is 6.62. The van der Waals surface area contributed by atoms with E-state index in [1.54, 1.807) is 36.3 Å². The van der Waals surface area contributed by atoms with E-state index in [-0.39, 0.29) is 23.5 Å². The van der Waals surface area contributed by atoms with Gasteiger partial charge in [-0.1, -0.05) is 6.07 Å². The van der Waals surface area contributed by atoms with Gasteiger partial charge in [-0.05, 0) is 31.5 Å². The van der Waals surface area contributed by atoms with Crippen LogP contribution in [-0.2, 0) is 9.84 Å². The molecule has 0 aromatic heterocycles. The van der Waals surface area contributed by atoms with Gasteiger partial charge < -0.3 is 9.64 Å². The fourth-order valence-electron chi connectivity index (χ4n) is 2.51. The van der Waals surface area contributed by atoms with Crippen molar-refractivity contribution in [3.63, 3.8) is 0 Å². The van der Waals surface area contributed by atoms with Gasteiger partial charge in [-0.25, -0.2) is 8.42 Å². The minimum absolute atomic E-state index is 0.0660. The number of rotatable bonds is 4. The minimum atomic E-state index is -3.00. The smallest absolute Gasteiger partial charge is 0.254 e. The lowest BCUT2D eigenvalue weighted by Gasteiger charge is -2.27. The maximum atomic E-state index is 12.5. The van der Waals surface area contributed by atoms with Crippen molar-refractivity contribution in [3.05, 3.63) is 29.8 Å². The highest BCUT2D eigenvalue weighted by Crippen LogP contribution is 2.21. The second kappa shape index (κ2) is 5.83. The molecule has 20 heavy (non-hydrogen) atoms. The number of nitrogens with zero attached hydrogens (tertiary/aromatic N) is 1. The average molecular weight is 297 g/mol. The highest BCUT2D eigenvalue weighted by atomic mass is 32.2. The summed E-state index contributed by atoms with van der Waals surface area (Å²) in [5, 5.41) is 0. The molecule has 1 aromatic carbocycles. The van der Waals surface area contributed by atoms with Crippen LogP contribution in [0, 0.1) is 0 Å². The molecule has 0 unspecified atom stereocenters. The first kappa shape index (κ1) is 14.8. The standard InChI is InChI=1S/C14H19NO4S/c1-3-15(12-7-8-20(17,18)10-12)14(16)11-5-4-6-13(9-11)19-2/h4-6,9,12H,3,7-8,10H2,1-2H3/t12-/m0/s1. The minimum Gasteiger partial charge on any atom is -0.497 e. The van der Waals surface area contributed by atoms with Crippen LogP contribution in [0.25, 0.3) is 0 Å². The molecule has 1 amide bonds. The number of carbonyl (C=O) groups excluding carboxylic acids is 1. The Bertz CT molecular complexity index is 597. The van der Waals surface area contributed by atoms with Gasteiger partial charge in [0, 0.05) is 18.2 Å². The Balaban J connectivity index is 2.21. The number of carbonyl (C=O) groups is 1. The molecule has 0 N–H and O–H groups in total. The summed E-state index contributed by atoms with van der Waals surface area (Å²) >= 11 is 0. The quantitative estimate of drug-likeness (QED) is 0.841. The van der Waals surface area contributed by atoms with E-state index in [0.29, 0.717) is 24.3 Å². The van der Waals surface area contributed by atoms with Gasteiger partial charge in [0.25, 0.3) is 5.91 Å². The fourth-order valence-corrected chi connectivity index (χ4v) is 4.24. The normalized spacial score (nSPS) is 20.6. The van der Waals surface area contributed by atoms with Crippen LogP contribution in [0.2, 0.25) is 0 Å². The summed E-state index contributed by atoms with van der Waals surface area (Å²) in [6.45, 7) is 2.36. The number of amides is 1. The number of hydrogen-bond donors (Lipinski definition) is 0. The zero-order valence-corrected chi connectivity index (χ0v) is 12.5. The van der Waals surface area contributed by atoms with Crippen molar-refractivity contribution in [1.29, 1.82) is 0 Å². The lowest BCUT2D eigenvalue weighted by Crippen LogP contribution is -2.40. The Morgan fingerprint density at radius 1 is 1.45 bits per heavy atom. The molecule has 1 saturated heterocycles. The molecule has 1 atom stereocenters. The first-order valence-corrected chi connectivity index (χ1v) is 8.44. The lowest BCUT2D eigenvalue weighted by atomic mass is 10.1. The molecule has 110 valence electrons. The van der Waals surface area contributed by atoms with Gasteiger partial charge in [0.2, 0.25) is 0 Å². The molecule has 0 radical (unpaired) electrons. The SMILES string of the molecule is CCN(C(=O)c1cccc(OC)c1)[C@H]1CCS(=O)(=O)C1. The maximum absolute atomic E-state index is 12.5. The molecular formula is C14H19NO4S. The molecular weight excluding hydrogens is 278 g/mol. The summed E-state index contributed by atoms with van der Waals surface area (Å²) in [7, 11) is -1.45. The lowest BCUT2D eigenvalue weighted by molar-refractivity contribution is 0.0708. The van der Waals surface area contributed by atoms with Gasteiger partial charge in [0.05, 0.1) is 18.6 Å². The van der Waals surface area contributed by atoms with Gasteiger partial charge in [0.15, 0.2) is 9.84 Å². The van der Waals surface area contributed by atoms with E-state index in [0.717, 1.165) is 0 Å². The molecule has 0 bridgehead atoms. The number of ether oxygens (including phenoxy) is 1. The molecule has 5 nitrogen and oxygen atoms in total. The Morgan fingerprint density at radius 2 is 2.20 bits per heavy atom. The predicted molar refractivity (Wildman–Crippen MR) is 76.8 cm³/mol. The van der Waals surface area contributed by atoms with Crippen molar-refractivity contribution in [2.45, 2.75) is 19.4 Å². The third-order valence-electron chi connectivity index (χ3n) is 3.57. The molecule has 1 aliphatic heterocycles. The molecule has 1 aromatic rings. The Kier molecular flexibility index (Phi) is 4.32. The third kappa shape index (κ3) is 3.12. The summed E-state index contributed by atoms with van der Waals surface area (Å²) < 4.78 is 28.2. The second-order valence-corrected chi connectivity index (χ2v) is 7.11. The van der Waals surface area contributed by atoms with Crippen LogP contribution < -0.4 is 4.74 Å². The van der Waals surface area contributed by atoms with E-state index in [2.05, 4.69) is 0 Å². The van der Waals surface area contributed by atoms with Gasteiger partial charge in [-0.3, -0.25) is 4.79 Å². The number of hydrogen-bond acceptors (Lipinski definition) is 4. The Morgan fingerprint density at radius 3 is 2.75 bits per heavy atom. The predicted octanol–water partition coefficient (Wildman–Crippen LogP) is 1.34. The van der Waals surface area contributed by atoms with Crippen LogP contribution in [-0.4, -0.2) is 50.4 Å². The number of methoxy groups -OCH3 is 1. The molecule has 1 fully saturated rings. The van der Waals surface area contributed by atoms with Crippen molar-refractivity contribution in [2.24, 2.45) is 0 Å². The molecule has 0 spiro atoms. The summed E-state index contributed by atoms with van der Waals surface area (Å²) in [6.07, 6.45) is 0.520. The molecule has 0 saturated carbocycles. The largest absolute Gasteiger partial charge is 0.497 e. The van der Waals surface area contributed by atoms with Gasteiger partial charge in [0.1, 0.15) is 5.75 Å². The van der Waals surface area contributed by atoms with Crippen LogP contribution >= 0.6 is 0 Å². The van der Waals surface area contributed by atoms with Crippen LogP contribution in [0.1, 0.15) is 23.7 Å². The van der Waals surface area contributed by atoms with Crippen molar-refractivity contribution in [3.8, 4) is 5.75 Å². The summed E-state index contributed by atoms with van der Waals surface area (Å²) in [5.41, 5.74) is 0.524. The zero-order valence-electron chi connectivity index (χ0n) is 11.7. The highest BCUT2D eigenvalue weighted by molar-refractivity contribution is 7.91. The topological polar surface area (TPSA) is 63.7 Å². The Hall–Kier alpha value is -1.56. The molecule has 1 aliphatic rings. The van der Waals surface area contributed by atoms with Crippen molar-refractivity contribution < 1.29 is 17.9 Å². The molecule has 0 aliphatic carbocycles. The molecule has 1 heterocycles. The number of benzene rings is 1. The zero-order chi connectivity index (χ0) is 14.8. The van der Waals surface area contributed by atoms with E-state index < -0.39 is 9.84 Å². The monoisotopic (exact) mass is 297 g/mol. The van der Waals surface area contributed by atoms with Crippen molar-refractivity contribution in [2.75, 3.05) is 25.2 Å². The average Bonchev–Trinajstić information content (AvgIpc) is 2.79. The second-order valence-electron chi connectivity index (χ2n) is 4.88. The van der Waals surface area contributed by atoms with E-state index in [9.17, 15) is 13.2 Å². The molecule has 2 rings (SSSR count). The van der Waals surface area contributed by atoms with Crippen molar-refractivity contribution in [1.82, 2.24) is 4.90 Å². The van der Waals surface area contributed by atoms with E-state index in [4.69, 9.17) is 4.74 Å². The van der Waals surface area contributed by atoms with Crippen molar-refractivity contribution >= 4 is 15.7 Å². The summed E-state index contributed by atoms with van der Waals surface area (Å²) in [4.78, 5) is 14.2. The highest BCUT2D eigenvalue weighted by Gasteiger charge is 2.34.